The van der Waals surface area contributed by atoms with Gasteiger partial charge in [0.05, 0.1) is 22.8 Å². The van der Waals surface area contributed by atoms with E-state index in [0.717, 1.165) is 44.4 Å². The van der Waals surface area contributed by atoms with Gasteiger partial charge in [0.2, 0.25) is 5.91 Å². The Morgan fingerprint density at radius 3 is 2.92 bits per heavy atom. The van der Waals surface area contributed by atoms with Gasteiger partial charge in [0, 0.05) is 13.1 Å². The summed E-state index contributed by atoms with van der Waals surface area (Å²) in [4.78, 5) is 22.0. The minimum absolute atomic E-state index is 0.301. The number of benzene rings is 1. The lowest BCUT2D eigenvalue weighted by Crippen LogP contribution is -2.44. The fourth-order valence-corrected chi connectivity index (χ4v) is 5.15. The Morgan fingerprint density at radius 2 is 2.08 bits per heavy atom. The standard InChI is InChI=1S/C19H25N3OS/c1-14-6-4-11-22(12-14)18(23)13-21-10-5-8-16(21)19-20-15-7-2-3-9-17(15)24-19/h2-3,7,9,14,16H,4-6,8,10-13H2,1H3. The van der Waals surface area contributed by atoms with Crippen molar-refractivity contribution in [1.29, 1.82) is 0 Å². The van der Waals surface area contributed by atoms with E-state index in [9.17, 15) is 4.79 Å². The normalized spacial score (nSPS) is 25.5. The predicted molar refractivity (Wildman–Crippen MR) is 98.1 cm³/mol. The summed E-state index contributed by atoms with van der Waals surface area (Å²) in [5, 5.41) is 1.17. The SMILES string of the molecule is CC1CCCN(C(=O)CN2CCCC2c2nc3ccccc3s2)C1. The van der Waals surface area contributed by atoms with Crippen molar-refractivity contribution in [2.45, 2.75) is 38.6 Å². The monoisotopic (exact) mass is 343 g/mol. The molecule has 2 unspecified atom stereocenters. The third kappa shape index (κ3) is 3.20. The van der Waals surface area contributed by atoms with E-state index in [2.05, 4.69) is 34.9 Å². The second kappa shape index (κ2) is 6.81. The van der Waals surface area contributed by atoms with Gasteiger partial charge in [-0.3, -0.25) is 9.69 Å². The van der Waals surface area contributed by atoms with Crippen LogP contribution < -0.4 is 0 Å². The molecule has 3 heterocycles. The molecule has 2 aliphatic rings. The van der Waals surface area contributed by atoms with Crippen LogP contribution in [0.3, 0.4) is 0 Å². The highest BCUT2D eigenvalue weighted by atomic mass is 32.1. The maximum atomic E-state index is 12.7. The highest BCUT2D eigenvalue weighted by Gasteiger charge is 2.31. The maximum Gasteiger partial charge on any atom is 0.236 e. The molecule has 4 rings (SSSR count). The van der Waals surface area contributed by atoms with Crippen LogP contribution in [0.2, 0.25) is 0 Å². The molecule has 1 aromatic carbocycles. The van der Waals surface area contributed by atoms with Crippen LogP contribution in [0.25, 0.3) is 10.2 Å². The van der Waals surface area contributed by atoms with Gasteiger partial charge < -0.3 is 4.90 Å². The molecule has 5 heteroatoms. The molecule has 2 atom stereocenters. The number of amides is 1. The minimum Gasteiger partial charge on any atom is -0.341 e. The highest BCUT2D eigenvalue weighted by molar-refractivity contribution is 7.18. The van der Waals surface area contributed by atoms with Crippen LogP contribution in [0, 0.1) is 5.92 Å². The molecule has 0 saturated carbocycles. The molecular weight excluding hydrogens is 318 g/mol. The van der Waals surface area contributed by atoms with Gasteiger partial charge in [0.15, 0.2) is 0 Å². The van der Waals surface area contributed by atoms with Crippen molar-refractivity contribution in [2.75, 3.05) is 26.2 Å². The Labute approximate surface area is 147 Å². The van der Waals surface area contributed by atoms with Crippen LogP contribution in [0.4, 0.5) is 0 Å². The summed E-state index contributed by atoms with van der Waals surface area (Å²) in [5.41, 5.74) is 1.08. The largest absolute Gasteiger partial charge is 0.341 e. The number of piperidine rings is 1. The number of fused-ring (bicyclic) bond motifs is 1. The second-order valence-electron chi connectivity index (χ2n) is 7.24. The van der Waals surface area contributed by atoms with Crippen LogP contribution in [-0.4, -0.2) is 46.9 Å². The molecule has 0 spiro atoms. The van der Waals surface area contributed by atoms with Crippen molar-refractivity contribution < 1.29 is 4.79 Å². The van der Waals surface area contributed by atoms with Crippen LogP contribution in [0.5, 0.6) is 0 Å². The van der Waals surface area contributed by atoms with Crippen molar-refractivity contribution >= 4 is 27.5 Å². The van der Waals surface area contributed by atoms with E-state index in [4.69, 9.17) is 4.98 Å². The Hall–Kier alpha value is -1.46. The molecule has 2 fully saturated rings. The topological polar surface area (TPSA) is 36.4 Å². The first-order valence-electron chi connectivity index (χ1n) is 9.08. The van der Waals surface area contributed by atoms with Crippen molar-refractivity contribution in [3.63, 3.8) is 0 Å². The van der Waals surface area contributed by atoms with Crippen LogP contribution in [0.15, 0.2) is 24.3 Å². The highest BCUT2D eigenvalue weighted by Crippen LogP contribution is 2.36. The first-order valence-corrected chi connectivity index (χ1v) is 9.89. The molecule has 2 aromatic rings. The van der Waals surface area contributed by atoms with Crippen molar-refractivity contribution in [3.8, 4) is 0 Å². The third-order valence-electron chi connectivity index (χ3n) is 5.31. The van der Waals surface area contributed by atoms with Gasteiger partial charge in [0.1, 0.15) is 5.01 Å². The number of thiazole rings is 1. The predicted octanol–water partition coefficient (Wildman–Crippen LogP) is 3.69. The first kappa shape index (κ1) is 16.0. The molecule has 0 aliphatic carbocycles. The fraction of sp³-hybridized carbons (Fsp3) is 0.579. The molecule has 4 nitrogen and oxygen atoms in total. The maximum absolute atomic E-state index is 12.7. The summed E-state index contributed by atoms with van der Waals surface area (Å²) < 4.78 is 1.25. The Balaban J connectivity index is 1.47. The molecule has 0 N–H and O–H groups in total. The van der Waals surface area contributed by atoms with Gasteiger partial charge in [-0.25, -0.2) is 4.98 Å². The first-order chi connectivity index (χ1) is 11.7. The van der Waals surface area contributed by atoms with E-state index in [0.29, 0.717) is 24.4 Å². The molecule has 0 radical (unpaired) electrons. The molecule has 1 amide bonds. The summed E-state index contributed by atoms with van der Waals surface area (Å²) in [6.45, 7) is 5.67. The van der Waals surface area contributed by atoms with E-state index in [-0.39, 0.29) is 0 Å². The number of carbonyl (C=O) groups is 1. The smallest absolute Gasteiger partial charge is 0.236 e. The Kier molecular flexibility index (Phi) is 4.55. The number of para-hydroxylation sites is 1. The van der Waals surface area contributed by atoms with E-state index in [1.54, 1.807) is 11.3 Å². The Morgan fingerprint density at radius 1 is 1.25 bits per heavy atom. The molecule has 1 aromatic heterocycles. The number of aromatic nitrogens is 1. The van der Waals surface area contributed by atoms with Gasteiger partial charge in [-0.15, -0.1) is 11.3 Å². The van der Waals surface area contributed by atoms with Crippen LogP contribution in [0.1, 0.15) is 43.7 Å². The number of nitrogens with zero attached hydrogens (tertiary/aromatic N) is 3. The van der Waals surface area contributed by atoms with Gasteiger partial charge in [-0.05, 0) is 50.3 Å². The average molecular weight is 343 g/mol. The second-order valence-corrected chi connectivity index (χ2v) is 8.30. The van der Waals surface area contributed by atoms with Gasteiger partial charge >= 0.3 is 0 Å². The minimum atomic E-state index is 0.301. The third-order valence-corrected chi connectivity index (χ3v) is 6.44. The summed E-state index contributed by atoms with van der Waals surface area (Å²) in [5.74, 6) is 0.941. The lowest BCUT2D eigenvalue weighted by atomic mass is 10.0. The molecule has 0 bridgehead atoms. The van der Waals surface area contributed by atoms with Gasteiger partial charge in [-0.1, -0.05) is 19.1 Å². The quantitative estimate of drug-likeness (QED) is 0.853. The number of hydrogen-bond acceptors (Lipinski definition) is 4. The van der Waals surface area contributed by atoms with Crippen molar-refractivity contribution in [2.24, 2.45) is 5.92 Å². The number of likely N-dealkylation sites (tertiary alicyclic amines) is 2. The number of hydrogen-bond donors (Lipinski definition) is 0. The van der Waals surface area contributed by atoms with Crippen molar-refractivity contribution in [1.82, 2.24) is 14.8 Å². The summed E-state index contributed by atoms with van der Waals surface area (Å²) in [7, 11) is 0. The lowest BCUT2D eigenvalue weighted by Gasteiger charge is -2.33. The van der Waals surface area contributed by atoms with E-state index in [1.807, 2.05) is 6.07 Å². The lowest BCUT2D eigenvalue weighted by molar-refractivity contribution is -0.134. The van der Waals surface area contributed by atoms with Crippen LogP contribution >= 0.6 is 11.3 Å². The van der Waals surface area contributed by atoms with E-state index in [1.165, 1.54) is 16.1 Å². The number of carbonyl (C=O) groups excluding carboxylic acids is 1. The van der Waals surface area contributed by atoms with Crippen LogP contribution in [-0.2, 0) is 4.79 Å². The van der Waals surface area contributed by atoms with Gasteiger partial charge in [-0.2, -0.15) is 0 Å². The Bertz CT molecular complexity index is 695. The summed E-state index contributed by atoms with van der Waals surface area (Å²) >= 11 is 1.78. The molecule has 24 heavy (non-hydrogen) atoms. The fourth-order valence-electron chi connectivity index (χ4n) is 4.02. The van der Waals surface area contributed by atoms with Crippen molar-refractivity contribution in [3.05, 3.63) is 29.3 Å². The van der Waals surface area contributed by atoms with E-state index >= 15 is 0 Å². The molecule has 2 saturated heterocycles. The summed E-state index contributed by atoms with van der Waals surface area (Å²) in [6.07, 6.45) is 4.67. The molecule has 128 valence electrons. The zero-order valence-electron chi connectivity index (χ0n) is 14.3. The zero-order valence-corrected chi connectivity index (χ0v) is 15.1. The van der Waals surface area contributed by atoms with E-state index < -0.39 is 0 Å². The van der Waals surface area contributed by atoms with Gasteiger partial charge in [0.25, 0.3) is 0 Å². The molecular formula is C19H25N3OS. The molecule has 2 aliphatic heterocycles. The summed E-state index contributed by atoms with van der Waals surface area (Å²) in [6, 6.07) is 8.63. The zero-order chi connectivity index (χ0) is 16.5. The number of rotatable bonds is 3. The average Bonchev–Trinajstić information content (AvgIpc) is 3.20.